The van der Waals surface area contributed by atoms with Crippen LogP contribution in [-0.2, 0) is 6.18 Å². The van der Waals surface area contributed by atoms with Gasteiger partial charge in [0, 0.05) is 23.6 Å². The highest BCUT2D eigenvalue weighted by atomic mass is 32.1. The number of benzene rings is 1. The maximum Gasteiger partial charge on any atom is 0.416 e. The SMILES string of the molecule is N/C(=N\C(=S)Nc1cccc(C(F)(F)F)c1)c1cccnc1. The van der Waals surface area contributed by atoms with E-state index in [4.69, 9.17) is 18.0 Å². The lowest BCUT2D eigenvalue weighted by Crippen LogP contribution is -2.18. The maximum absolute atomic E-state index is 12.6. The number of hydrogen-bond donors (Lipinski definition) is 2. The van der Waals surface area contributed by atoms with Crippen molar-refractivity contribution in [2.45, 2.75) is 6.18 Å². The van der Waals surface area contributed by atoms with Gasteiger partial charge in [-0.05, 0) is 42.5 Å². The van der Waals surface area contributed by atoms with Crippen LogP contribution in [0.3, 0.4) is 0 Å². The van der Waals surface area contributed by atoms with Crippen LogP contribution in [0.5, 0.6) is 0 Å². The van der Waals surface area contributed by atoms with Crippen LogP contribution in [0.4, 0.5) is 18.9 Å². The summed E-state index contributed by atoms with van der Waals surface area (Å²) in [6, 6.07) is 8.03. The van der Waals surface area contributed by atoms with Gasteiger partial charge in [0.15, 0.2) is 5.11 Å². The molecule has 114 valence electrons. The molecule has 0 fully saturated rings. The Bertz CT molecular complexity index is 699. The van der Waals surface area contributed by atoms with Gasteiger partial charge in [-0.2, -0.15) is 13.2 Å². The Labute approximate surface area is 129 Å². The number of thiocarbonyl (C=S) groups is 1. The highest BCUT2D eigenvalue weighted by Gasteiger charge is 2.30. The highest BCUT2D eigenvalue weighted by Crippen LogP contribution is 2.30. The second-order valence-electron chi connectivity index (χ2n) is 4.25. The number of pyridine rings is 1. The van der Waals surface area contributed by atoms with Crippen molar-refractivity contribution in [2.75, 3.05) is 5.32 Å². The van der Waals surface area contributed by atoms with Gasteiger partial charge < -0.3 is 11.1 Å². The van der Waals surface area contributed by atoms with Gasteiger partial charge in [-0.3, -0.25) is 4.98 Å². The summed E-state index contributed by atoms with van der Waals surface area (Å²) >= 11 is 4.97. The third-order valence-corrected chi connectivity index (χ3v) is 2.81. The number of aliphatic imine (C=N–C) groups is 1. The van der Waals surface area contributed by atoms with Gasteiger partial charge in [0.25, 0.3) is 0 Å². The molecule has 0 aliphatic heterocycles. The molecule has 0 radical (unpaired) electrons. The normalized spacial score (nSPS) is 12.0. The Balaban J connectivity index is 2.13. The second kappa shape index (κ2) is 6.52. The number of amidine groups is 1. The summed E-state index contributed by atoms with van der Waals surface area (Å²) in [6.45, 7) is 0. The molecular formula is C14H11F3N4S. The van der Waals surface area contributed by atoms with Gasteiger partial charge in [-0.25, -0.2) is 4.99 Å². The first-order valence-electron chi connectivity index (χ1n) is 6.09. The Morgan fingerprint density at radius 2 is 2.00 bits per heavy atom. The monoisotopic (exact) mass is 324 g/mol. The average molecular weight is 324 g/mol. The maximum atomic E-state index is 12.6. The van der Waals surface area contributed by atoms with Crippen molar-refractivity contribution in [1.82, 2.24) is 4.98 Å². The van der Waals surface area contributed by atoms with Crippen molar-refractivity contribution in [3.8, 4) is 0 Å². The number of nitrogens with two attached hydrogens (primary N) is 1. The first-order valence-corrected chi connectivity index (χ1v) is 6.50. The molecule has 22 heavy (non-hydrogen) atoms. The van der Waals surface area contributed by atoms with Crippen molar-refractivity contribution in [2.24, 2.45) is 10.7 Å². The minimum atomic E-state index is -4.42. The number of halogens is 3. The zero-order valence-electron chi connectivity index (χ0n) is 11.1. The van der Waals surface area contributed by atoms with Crippen molar-refractivity contribution < 1.29 is 13.2 Å². The van der Waals surface area contributed by atoms with E-state index in [1.54, 1.807) is 18.3 Å². The molecule has 2 rings (SSSR count). The summed E-state index contributed by atoms with van der Waals surface area (Å²) in [5.74, 6) is 0.123. The Morgan fingerprint density at radius 3 is 2.64 bits per heavy atom. The summed E-state index contributed by atoms with van der Waals surface area (Å²) in [5, 5.41) is 2.56. The fraction of sp³-hybridized carbons (Fsp3) is 0.0714. The molecule has 0 unspecified atom stereocenters. The molecule has 0 amide bonds. The molecule has 1 aromatic carbocycles. The number of anilines is 1. The van der Waals surface area contributed by atoms with E-state index in [0.29, 0.717) is 5.56 Å². The second-order valence-corrected chi connectivity index (χ2v) is 4.63. The molecule has 1 aromatic heterocycles. The lowest BCUT2D eigenvalue weighted by molar-refractivity contribution is -0.137. The number of aromatic nitrogens is 1. The minimum Gasteiger partial charge on any atom is -0.383 e. The summed E-state index contributed by atoms with van der Waals surface area (Å²) in [6.07, 6.45) is -1.33. The minimum absolute atomic E-state index is 0.0410. The smallest absolute Gasteiger partial charge is 0.383 e. The van der Waals surface area contributed by atoms with Gasteiger partial charge in [0.2, 0.25) is 0 Å². The largest absolute Gasteiger partial charge is 0.416 e. The molecule has 0 aliphatic carbocycles. The zero-order chi connectivity index (χ0) is 16.2. The fourth-order valence-corrected chi connectivity index (χ4v) is 1.83. The first-order chi connectivity index (χ1) is 10.4. The average Bonchev–Trinajstić information content (AvgIpc) is 2.47. The topological polar surface area (TPSA) is 63.3 Å². The molecule has 0 atom stereocenters. The fourth-order valence-electron chi connectivity index (χ4n) is 1.61. The van der Waals surface area contributed by atoms with Crippen molar-refractivity contribution in [1.29, 1.82) is 0 Å². The van der Waals surface area contributed by atoms with Crippen LogP contribution >= 0.6 is 12.2 Å². The Kier molecular flexibility index (Phi) is 4.71. The summed E-state index contributed by atoms with van der Waals surface area (Å²) in [5.41, 5.74) is 5.73. The van der Waals surface area contributed by atoms with Crippen LogP contribution in [0.15, 0.2) is 53.8 Å². The third kappa shape index (κ3) is 4.26. The Hall–Kier alpha value is -2.48. The Morgan fingerprint density at radius 1 is 1.23 bits per heavy atom. The van der Waals surface area contributed by atoms with E-state index in [2.05, 4.69) is 15.3 Å². The number of nitrogens with one attached hydrogen (secondary N) is 1. The molecule has 2 aromatic rings. The molecule has 4 nitrogen and oxygen atoms in total. The van der Waals surface area contributed by atoms with E-state index in [0.717, 1.165) is 12.1 Å². The van der Waals surface area contributed by atoms with Crippen LogP contribution in [0.2, 0.25) is 0 Å². The number of rotatable bonds is 2. The van der Waals surface area contributed by atoms with Crippen LogP contribution < -0.4 is 11.1 Å². The van der Waals surface area contributed by atoms with Gasteiger partial charge >= 0.3 is 6.18 Å². The molecule has 0 saturated carbocycles. The van der Waals surface area contributed by atoms with E-state index in [1.807, 2.05) is 0 Å². The highest BCUT2D eigenvalue weighted by molar-refractivity contribution is 7.80. The van der Waals surface area contributed by atoms with E-state index in [-0.39, 0.29) is 16.6 Å². The molecule has 0 bridgehead atoms. The molecule has 8 heteroatoms. The van der Waals surface area contributed by atoms with E-state index >= 15 is 0 Å². The summed E-state index contributed by atoms with van der Waals surface area (Å²) in [4.78, 5) is 7.81. The van der Waals surface area contributed by atoms with Gasteiger partial charge in [-0.1, -0.05) is 6.07 Å². The molecule has 0 saturated heterocycles. The molecule has 0 aliphatic rings. The quantitative estimate of drug-likeness (QED) is 0.506. The lowest BCUT2D eigenvalue weighted by Gasteiger charge is -2.10. The molecule has 3 N–H and O–H groups in total. The lowest BCUT2D eigenvalue weighted by atomic mass is 10.2. The summed E-state index contributed by atoms with van der Waals surface area (Å²) in [7, 11) is 0. The van der Waals surface area contributed by atoms with Crippen molar-refractivity contribution >= 4 is 28.9 Å². The number of nitrogens with zero attached hydrogens (tertiary/aromatic N) is 2. The van der Waals surface area contributed by atoms with Gasteiger partial charge in [0.1, 0.15) is 5.84 Å². The van der Waals surface area contributed by atoms with Crippen LogP contribution in [0, 0.1) is 0 Å². The van der Waals surface area contributed by atoms with Crippen LogP contribution in [0.1, 0.15) is 11.1 Å². The zero-order valence-corrected chi connectivity index (χ0v) is 11.9. The van der Waals surface area contributed by atoms with Crippen LogP contribution in [-0.4, -0.2) is 15.9 Å². The van der Waals surface area contributed by atoms with E-state index in [1.165, 1.54) is 18.3 Å². The summed E-state index contributed by atoms with van der Waals surface area (Å²) < 4.78 is 37.9. The molecule has 1 heterocycles. The molecule has 0 spiro atoms. The van der Waals surface area contributed by atoms with Gasteiger partial charge in [0.05, 0.1) is 5.56 Å². The van der Waals surface area contributed by atoms with E-state index < -0.39 is 11.7 Å². The van der Waals surface area contributed by atoms with Crippen LogP contribution in [0.25, 0.3) is 0 Å². The predicted molar refractivity (Wildman–Crippen MR) is 82.6 cm³/mol. The standard InChI is InChI=1S/C14H11F3N4S/c15-14(16,17)10-4-1-5-11(7-10)20-13(22)21-12(18)9-3-2-6-19-8-9/h1-8H,(H3,18,20,21,22). The molecular weight excluding hydrogens is 313 g/mol. The first kappa shape index (κ1) is 15.9. The van der Waals surface area contributed by atoms with Crippen molar-refractivity contribution in [3.05, 3.63) is 59.9 Å². The van der Waals surface area contributed by atoms with Crippen molar-refractivity contribution in [3.63, 3.8) is 0 Å². The number of alkyl halides is 3. The predicted octanol–water partition coefficient (Wildman–Crippen LogP) is 3.20. The van der Waals surface area contributed by atoms with Gasteiger partial charge in [-0.15, -0.1) is 0 Å². The third-order valence-electron chi connectivity index (χ3n) is 2.62. The van der Waals surface area contributed by atoms with E-state index in [9.17, 15) is 13.2 Å². The number of hydrogen-bond acceptors (Lipinski definition) is 2.